The molecule has 1 N–H and O–H groups in total. The minimum atomic E-state index is -0.467. The van der Waals surface area contributed by atoms with Crippen LogP contribution in [0, 0.1) is 0 Å². The van der Waals surface area contributed by atoms with Gasteiger partial charge in [0.25, 0.3) is 0 Å². The number of thioether (sulfide) groups is 1. The Labute approximate surface area is 195 Å². The predicted molar refractivity (Wildman–Crippen MR) is 130 cm³/mol. The Bertz CT molecular complexity index is 814. The smallest absolute Gasteiger partial charge is 0.243 e. The highest BCUT2D eigenvalue weighted by Crippen LogP contribution is 2.22. The number of carbonyl (C=O) groups is 2. The summed E-state index contributed by atoms with van der Waals surface area (Å²) in [4.78, 5) is 29.0. The molecule has 0 aliphatic rings. The number of carbonyl (C=O) groups excluding carboxylic acids is 2. The van der Waals surface area contributed by atoms with Crippen molar-refractivity contribution in [3.05, 3.63) is 65.2 Å². The van der Waals surface area contributed by atoms with E-state index < -0.39 is 6.04 Å². The van der Waals surface area contributed by atoms with Crippen molar-refractivity contribution in [3.63, 3.8) is 0 Å². The van der Waals surface area contributed by atoms with Crippen LogP contribution in [0.15, 0.2) is 59.5 Å². The first kappa shape index (κ1) is 25.3. The fraction of sp³-hybridized carbons (Fsp3) is 0.440. The SMILES string of the molecule is CC[C@@H](C)NC(=O)[C@@H](CC)N(Cc1ccccc1)C(=O)CCCSc1ccc(Cl)cc1. The lowest BCUT2D eigenvalue weighted by Crippen LogP contribution is -2.50. The van der Waals surface area contributed by atoms with Gasteiger partial charge in [0.2, 0.25) is 11.8 Å². The zero-order chi connectivity index (χ0) is 22.6. The van der Waals surface area contributed by atoms with E-state index in [0.717, 1.165) is 34.1 Å². The van der Waals surface area contributed by atoms with E-state index in [1.807, 2.05) is 75.4 Å². The van der Waals surface area contributed by atoms with Crippen LogP contribution < -0.4 is 5.32 Å². The molecule has 2 amide bonds. The van der Waals surface area contributed by atoms with Gasteiger partial charge >= 0.3 is 0 Å². The molecule has 0 saturated heterocycles. The van der Waals surface area contributed by atoms with E-state index in [1.165, 1.54) is 0 Å². The third-order valence-electron chi connectivity index (χ3n) is 5.20. The minimum Gasteiger partial charge on any atom is -0.352 e. The molecule has 2 rings (SSSR count). The molecule has 2 aromatic carbocycles. The largest absolute Gasteiger partial charge is 0.352 e. The fourth-order valence-corrected chi connectivity index (χ4v) is 4.21. The average Bonchev–Trinajstić information content (AvgIpc) is 2.78. The van der Waals surface area contributed by atoms with Crippen LogP contribution in [0.1, 0.15) is 52.0 Å². The number of halogens is 1. The van der Waals surface area contributed by atoms with Gasteiger partial charge in [-0.15, -0.1) is 11.8 Å². The van der Waals surface area contributed by atoms with Gasteiger partial charge in [0.15, 0.2) is 0 Å². The molecule has 31 heavy (non-hydrogen) atoms. The van der Waals surface area contributed by atoms with Crippen molar-refractivity contribution in [3.8, 4) is 0 Å². The van der Waals surface area contributed by atoms with Gasteiger partial charge in [-0.3, -0.25) is 9.59 Å². The zero-order valence-electron chi connectivity index (χ0n) is 18.6. The summed E-state index contributed by atoms with van der Waals surface area (Å²) in [5.74, 6) is 0.783. The molecule has 2 atom stereocenters. The van der Waals surface area contributed by atoms with Gasteiger partial charge < -0.3 is 10.2 Å². The number of rotatable bonds is 12. The van der Waals surface area contributed by atoms with E-state index in [0.29, 0.717) is 19.4 Å². The van der Waals surface area contributed by atoms with Crippen LogP contribution in [-0.4, -0.2) is 34.6 Å². The molecule has 0 aliphatic heterocycles. The molecule has 0 radical (unpaired) electrons. The summed E-state index contributed by atoms with van der Waals surface area (Å²) in [7, 11) is 0. The number of amides is 2. The summed E-state index contributed by atoms with van der Waals surface area (Å²) >= 11 is 7.64. The van der Waals surface area contributed by atoms with Crippen LogP contribution in [0.2, 0.25) is 5.02 Å². The topological polar surface area (TPSA) is 49.4 Å². The number of nitrogens with zero attached hydrogens (tertiary/aromatic N) is 1. The first-order valence-corrected chi connectivity index (χ1v) is 12.3. The lowest BCUT2D eigenvalue weighted by Gasteiger charge is -2.31. The third kappa shape index (κ3) is 8.58. The zero-order valence-corrected chi connectivity index (χ0v) is 20.2. The van der Waals surface area contributed by atoms with Gasteiger partial charge in [0.1, 0.15) is 6.04 Å². The fourth-order valence-electron chi connectivity index (χ4n) is 3.23. The maximum atomic E-state index is 13.2. The molecule has 0 unspecified atom stereocenters. The average molecular weight is 461 g/mol. The van der Waals surface area contributed by atoms with Crippen LogP contribution in [0.3, 0.4) is 0 Å². The molecule has 4 nitrogen and oxygen atoms in total. The standard InChI is InChI=1S/C25H33ClN2O2S/c1-4-19(3)27-25(30)23(5-2)28(18-20-10-7-6-8-11-20)24(29)12-9-17-31-22-15-13-21(26)14-16-22/h6-8,10-11,13-16,19,23H,4-5,9,12,17-18H2,1-3H3,(H,27,30)/t19-,23-/m1/s1. The third-order valence-corrected chi connectivity index (χ3v) is 6.55. The Morgan fingerprint density at radius 3 is 2.32 bits per heavy atom. The van der Waals surface area contributed by atoms with Crippen LogP contribution in [0.4, 0.5) is 0 Å². The van der Waals surface area contributed by atoms with Gasteiger partial charge in [0.05, 0.1) is 0 Å². The Balaban J connectivity index is 2.02. The van der Waals surface area contributed by atoms with Crippen LogP contribution in [0.5, 0.6) is 0 Å². The summed E-state index contributed by atoms with van der Waals surface area (Å²) in [5.41, 5.74) is 1.03. The molecule has 0 spiro atoms. The van der Waals surface area contributed by atoms with Crippen LogP contribution >= 0.6 is 23.4 Å². The highest BCUT2D eigenvalue weighted by Gasteiger charge is 2.28. The molecule has 0 bridgehead atoms. The van der Waals surface area contributed by atoms with Crippen LogP contribution in [0.25, 0.3) is 0 Å². The molecule has 0 heterocycles. The molecule has 0 fully saturated rings. The second-order valence-electron chi connectivity index (χ2n) is 7.66. The molecule has 168 valence electrons. The first-order valence-electron chi connectivity index (χ1n) is 11.0. The van der Waals surface area contributed by atoms with E-state index in [2.05, 4.69) is 5.32 Å². The van der Waals surface area contributed by atoms with Gasteiger partial charge in [-0.2, -0.15) is 0 Å². The lowest BCUT2D eigenvalue weighted by molar-refractivity contribution is -0.141. The Morgan fingerprint density at radius 1 is 1.03 bits per heavy atom. The second-order valence-corrected chi connectivity index (χ2v) is 9.26. The normalized spacial score (nSPS) is 12.8. The molecule has 2 aromatic rings. The van der Waals surface area contributed by atoms with E-state index in [9.17, 15) is 9.59 Å². The van der Waals surface area contributed by atoms with E-state index in [4.69, 9.17) is 11.6 Å². The number of hydrogen-bond donors (Lipinski definition) is 1. The van der Waals surface area contributed by atoms with E-state index in [-0.39, 0.29) is 17.9 Å². The monoisotopic (exact) mass is 460 g/mol. The van der Waals surface area contributed by atoms with Crippen molar-refractivity contribution in [1.82, 2.24) is 10.2 Å². The van der Waals surface area contributed by atoms with E-state index in [1.54, 1.807) is 16.7 Å². The Kier molecular flexibility index (Phi) is 11.0. The molecule has 0 aromatic heterocycles. The summed E-state index contributed by atoms with van der Waals surface area (Å²) in [6, 6.07) is 17.2. The number of benzene rings is 2. The molecular formula is C25H33ClN2O2S. The first-order chi connectivity index (χ1) is 14.9. The number of nitrogens with one attached hydrogen (secondary N) is 1. The maximum Gasteiger partial charge on any atom is 0.243 e. The van der Waals surface area contributed by atoms with Gasteiger partial charge in [0, 0.05) is 28.9 Å². The summed E-state index contributed by atoms with van der Waals surface area (Å²) in [5, 5.41) is 3.77. The van der Waals surface area contributed by atoms with Gasteiger partial charge in [-0.1, -0.05) is 55.8 Å². The minimum absolute atomic E-state index is 0.0201. The second kappa shape index (κ2) is 13.4. The lowest BCUT2D eigenvalue weighted by atomic mass is 10.1. The predicted octanol–water partition coefficient (Wildman–Crippen LogP) is 5.93. The van der Waals surface area contributed by atoms with Crippen LogP contribution in [-0.2, 0) is 16.1 Å². The van der Waals surface area contributed by atoms with Crippen molar-refractivity contribution in [2.75, 3.05) is 5.75 Å². The molecular weight excluding hydrogens is 428 g/mol. The summed E-state index contributed by atoms with van der Waals surface area (Å²) in [6.45, 7) is 6.43. The highest BCUT2D eigenvalue weighted by molar-refractivity contribution is 7.99. The van der Waals surface area contributed by atoms with Gasteiger partial charge in [-0.25, -0.2) is 0 Å². The van der Waals surface area contributed by atoms with Crippen molar-refractivity contribution < 1.29 is 9.59 Å². The molecule has 6 heteroatoms. The quantitative estimate of drug-likeness (QED) is 0.315. The van der Waals surface area contributed by atoms with Crippen molar-refractivity contribution in [2.45, 2.75) is 70.0 Å². The Morgan fingerprint density at radius 2 is 1.71 bits per heavy atom. The van der Waals surface area contributed by atoms with E-state index >= 15 is 0 Å². The summed E-state index contributed by atoms with van der Waals surface area (Å²) in [6.07, 6.45) is 2.61. The molecule has 0 aliphatic carbocycles. The highest BCUT2D eigenvalue weighted by atomic mass is 35.5. The summed E-state index contributed by atoms with van der Waals surface area (Å²) < 4.78 is 0. The van der Waals surface area contributed by atoms with Crippen molar-refractivity contribution in [2.24, 2.45) is 0 Å². The number of hydrogen-bond acceptors (Lipinski definition) is 3. The molecule has 0 saturated carbocycles. The Hall–Kier alpha value is -1.98. The van der Waals surface area contributed by atoms with Gasteiger partial charge in [-0.05, 0) is 61.8 Å². The van der Waals surface area contributed by atoms with Crippen molar-refractivity contribution >= 4 is 35.2 Å². The van der Waals surface area contributed by atoms with Crippen molar-refractivity contribution in [1.29, 1.82) is 0 Å². The maximum absolute atomic E-state index is 13.2.